The molecule has 0 aromatic heterocycles. The van der Waals surface area contributed by atoms with Crippen LogP contribution in [-0.2, 0) is 0 Å². The maximum Gasteiger partial charge on any atom is 0.170 e. The third-order valence-corrected chi connectivity index (χ3v) is 2.12. The van der Waals surface area contributed by atoms with E-state index in [-0.39, 0.29) is 5.78 Å². The zero-order valence-electron chi connectivity index (χ0n) is 9.46. The van der Waals surface area contributed by atoms with E-state index in [1.807, 2.05) is 32.0 Å². The Morgan fingerprint density at radius 2 is 2.13 bits per heavy atom. The number of carbonyl (C=O) groups excluding carboxylic acids is 1. The second-order valence-corrected chi connectivity index (χ2v) is 3.76. The summed E-state index contributed by atoms with van der Waals surface area (Å²) in [5.41, 5.74) is 2.56. The van der Waals surface area contributed by atoms with E-state index in [0.717, 1.165) is 11.1 Å². The van der Waals surface area contributed by atoms with Crippen molar-refractivity contribution >= 4 is 5.78 Å². The summed E-state index contributed by atoms with van der Waals surface area (Å²) in [5.74, 6) is 0.690. The van der Waals surface area contributed by atoms with Gasteiger partial charge in [-0.25, -0.2) is 0 Å². The lowest BCUT2D eigenvalue weighted by atomic mass is 10.0. The van der Waals surface area contributed by atoms with E-state index in [1.165, 1.54) is 0 Å². The SMILES string of the molecule is C=C(C)CC(=O)c1cc(C)ccc1OC. The number of benzene rings is 1. The quantitative estimate of drug-likeness (QED) is 0.556. The summed E-state index contributed by atoms with van der Waals surface area (Å²) in [7, 11) is 1.57. The highest BCUT2D eigenvalue weighted by Crippen LogP contribution is 2.22. The maximum atomic E-state index is 11.8. The molecule has 1 rings (SSSR count). The first kappa shape index (κ1) is 11.5. The minimum absolute atomic E-state index is 0.0584. The Morgan fingerprint density at radius 1 is 1.47 bits per heavy atom. The van der Waals surface area contributed by atoms with Gasteiger partial charge in [-0.05, 0) is 26.0 Å². The maximum absolute atomic E-state index is 11.8. The van der Waals surface area contributed by atoms with Gasteiger partial charge in [0.15, 0.2) is 5.78 Å². The lowest BCUT2D eigenvalue weighted by Crippen LogP contribution is -2.02. The van der Waals surface area contributed by atoms with Crippen molar-refractivity contribution in [1.29, 1.82) is 0 Å². The first-order valence-electron chi connectivity index (χ1n) is 4.87. The number of allylic oxidation sites excluding steroid dienone is 1. The van der Waals surface area contributed by atoms with Crippen molar-refractivity contribution in [3.05, 3.63) is 41.5 Å². The smallest absolute Gasteiger partial charge is 0.170 e. The molecule has 0 N–H and O–H groups in total. The van der Waals surface area contributed by atoms with Gasteiger partial charge in [-0.2, -0.15) is 0 Å². The molecule has 0 saturated carbocycles. The van der Waals surface area contributed by atoms with E-state index in [4.69, 9.17) is 4.74 Å². The Hall–Kier alpha value is -1.57. The van der Waals surface area contributed by atoms with Gasteiger partial charge in [-0.3, -0.25) is 4.79 Å². The summed E-state index contributed by atoms with van der Waals surface area (Å²) in [4.78, 5) is 11.8. The molecule has 15 heavy (non-hydrogen) atoms. The molecule has 1 aromatic carbocycles. The predicted octanol–water partition coefficient (Wildman–Crippen LogP) is 3.15. The van der Waals surface area contributed by atoms with Crippen LogP contribution in [0.25, 0.3) is 0 Å². The Kier molecular flexibility index (Phi) is 3.67. The van der Waals surface area contributed by atoms with Gasteiger partial charge in [0, 0.05) is 6.42 Å². The predicted molar refractivity (Wildman–Crippen MR) is 61.5 cm³/mol. The van der Waals surface area contributed by atoms with Gasteiger partial charge in [0.1, 0.15) is 5.75 Å². The number of ketones is 1. The van der Waals surface area contributed by atoms with E-state index in [2.05, 4.69) is 6.58 Å². The molecule has 2 heteroatoms. The van der Waals surface area contributed by atoms with E-state index in [9.17, 15) is 4.79 Å². The highest BCUT2D eigenvalue weighted by Gasteiger charge is 2.12. The molecule has 0 unspecified atom stereocenters. The second-order valence-electron chi connectivity index (χ2n) is 3.76. The monoisotopic (exact) mass is 204 g/mol. The van der Waals surface area contributed by atoms with Crippen LogP contribution >= 0.6 is 0 Å². The number of methoxy groups -OCH3 is 1. The molecule has 80 valence electrons. The fourth-order valence-corrected chi connectivity index (χ4v) is 1.41. The first-order valence-corrected chi connectivity index (χ1v) is 4.87. The largest absolute Gasteiger partial charge is 0.496 e. The molecule has 1 aromatic rings. The van der Waals surface area contributed by atoms with Crippen molar-refractivity contribution in [3.8, 4) is 5.75 Å². The van der Waals surface area contributed by atoms with Crippen LogP contribution in [0.3, 0.4) is 0 Å². The number of hydrogen-bond donors (Lipinski definition) is 0. The molecular formula is C13H16O2. The van der Waals surface area contributed by atoms with Crippen molar-refractivity contribution in [3.63, 3.8) is 0 Å². The Balaban J connectivity index is 3.05. The molecule has 0 fully saturated rings. The molecule has 0 heterocycles. The molecular weight excluding hydrogens is 188 g/mol. The molecule has 0 aliphatic heterocycles. The summed E-state index contributed by atoms with van der Waals surface area (Å²) in [6.45, 7) is 7.54. The third kappa shape index (κ3) is 2.94. The van der Waals surface area contributed by atoms with Gasteiger partial charge in [-0.1, -0.05) is 23.8 Å². The Bertz CT molecular complexity index is 392. The number of Topliss-reactive ketones (excluding diaryl/α,β-unsaturated/α-hetero) is 1. The average Bonchev–Trinajstić information content (AvgIpc) is 2.16. The van der Waals surface area contributed by atoms with Crippen LogP contribution in [0.4, 0.5) is 0 Å². The number of rotatable bonds is 4. The van der Waals surface area contributed by atoms with Gasteiger partial charge in [0.2, 0.25) is 0 Å². The van der Waals surface area contributed by atoms with Crippen LogP contribution in [-0.4, -0.2) is 12.9 Å². The summed E-state index contributed by atoms with van der Waals surface area (Å²) in [6, 6.07) is 5.60. The Morgan fingerprint density at radius 3 is 2.67 bits per heavy atom. The minimum Gasteiger partial charge on any atom is -0.496 e. The lowest BCUT2D eigenvalue weighted by molar-refractivity contribution is 0.0990. The summed E-state index contributed by atoms with van der Waals surface area (Å²) < 4.78 is 5.15. The van der Waals surface area contributed by atoms with Crippen molar-refractivity contribution in [2.75, 3.05) is 7.11 Å². The molecule has 0 aliphatic rings. The fourth-order valence-electron chi connectivity index (χ4n) is 1.41. The molecule has 0 spiro atoms. The molecule has 0 saturated heterocycles. The molecule has 0 radical (unpaired) electrons. The van der Waals surface area contributed by atoms with Crippen LogP contribution in [0, 0.1) is 6.92 Å². The van der Waals surface area contributed by atoms with Crippen LogP contribution in [0.5, 0.6) is 5.75 Å². The van der Waals surface area contributed by atoms with Crippen molar-refractivity contribution in [1.82, 2.24) is 0 Å². The van der Waals surface area contributed by atoms with Crippen molar-refractivity contribution in [2.24, 2.45) is 0 Å². The van der Waals surface area contributed by atoms with Gasteiger partial charge < -0.3 is 4.74 Å². The van der Waals surface area contributed by atoms with Crippen molar-refractivity contribution in [2.45, 2.75) is 20.3 Å². The molecule has 0 bridgehead atoms. The third-order valence-electron chi connectivity index (χ3n) is 2.12. The van der Waals surface area contributed by atoms with Gasteiger partial charge in [-0.15, -0.1) is 0 Å². The fraction of sp³-hybridized carbons (Fsp3) is 0.308. The Labute approximate surface area is 90.6 Å². The van der Waals surface area contributed by atoms with Gasteiger partial charge >= 0.3 is 0 Å². The summed E-state index contributed by atoms with van der Waals surface area (Å²) in [5, 5.41) is 0. The van der Waals surface area contributed by atoms with E-state index in [0.29, 0.717) is 17.7 Å². The minimum atomic E-state index is 0.0584. The molecule has 0 aliphatic carbocycles. The van der Waals surface area contributed by atoms with E-state index >= 15 is 0 Å². The zero-order valence-corrected chi connectivity index (χ0v) is 9.46. The number of carbonyl (C=O) groups is 1. The van der Waals surface area contributed by atoms with Crippen LogP contribution < -0.4 is 4.74 Å². The normalized spacial score (nSPS) is 9.80. The van der Waals surface area contributed by atoms with E-state index < -0.39 is 0 Å². The van der Waals surface area contributed by atoms with Gasteiger partial charge in [0.05, 0.1) is 12.7 Å². The first-order chi connectivity index (χ1) is 7.04. The van der Waals surface area contributed by atoms with E-state index in [1.54, 1.807) is 7.11 Å². The highest BCUT2D eigenvalue weighted by atomic mass is 16.5. The number of hydrogen-bond acceptors (Lipinski definition) is 2. The number of aryl methyl sites for hydroxylation is 1. The summed E-state index contributed by atoms with van der Waals surface area (Å²) >= 11 is 0. The average molecular weight is 204 g/mol. The lowest BCUT2D eigenvalue weighted by Gasteiger charge is -2.08. The molecule has 2 nitrogen and oxygen atoms in total. The zero-order chi connectivity index (χ0) is 11.4. The summed E-state index contributed by atoms with van der Waals surface area (Å²) in [6.07, 6.45) is 0.375. The second kappa shape index (κ2) is 4.78. The number of ether oxygens (including phenoxy) is 1. The topological polar surface area (TPSA) is 26.3 Å². The molecule has 0 atom stereocenters. The van der Waals surface area contributed by atoms with Crippen molar-refractivity contribution < 1.29 is 9.53 Å². The van der Waals surface area contributed by atoms with Crippen LogP contribution in [0.1, 0.15) is 29.3 Å². The van der Waals surface area contributed by atoms with Gasteiger partial charge in [0.25, 0.3) is 0 Å². The van der Waals surface area contributed by atoms with Crippen LogP contribution in [0.2, 0.25) is 0 Å². The standard InChI is InChI=1S/C13H16O2/c1-9(2)7-12(14)11-8-10(3)5-6-13(11)15-4/h5-6,8H,1,7H2,2-4H3. The molecule has 0 amide bonds. The highest BCUT2D eigenvalue weighted by molar-refractivity contribution is 6.00. The van der Waals surface area contributed by atoms with Crippen LogP contribution in [0.15, 0.2) is 30.4 Å².